The number of urea groups is 1. The van der Waals surface area contributed by atoms with Gasteiger partial charge in [0.05, 0.1) is 23.7 Å². The van der Waals surface area contributed by atoms with Crippen molar-refractivity contribution in [2.75, 3.05) is 11.9 Å². The number of nitrogens with zero attached hydrogens (tertiary/aromatic N) is 1. The van der Waals surface area contributed by atoms with Crippen LogP contribution >= 0.6 is 0 Å². The molecule has 0 bridgehead atoms. The molecule has 3 fully saturated rings. The maximum atomic E-state index is 13.3. The van der Waals surface area contributed by atoms with E-state index in [-0.39, 0.29) is 24.7 Å². The number of benzene rings is 1. The Labute approximate surface area is 202 Å². The lowest BCUT2D eigenvalue weighted by Gasteiger charge is -2.46. The van der Waals surface area contributed by atoms with Crippen LogP contribution in [-0.4, -0.2) is 57.9 Å². The van der Waals surface area contributed by atoms with Gasteiger partial charge in [0.2, 0.25) is 5.91 Å². The number of amides is 3. The van der Waals surface area contributed by atoms with E-state index >= 15 is 0 Å². The van der Waals surface area contributed by atoms with Crippen LogP contribution in [0.4, 0.5) is 23.7 Å². The summed E-state index contributed by atoms with van der Waals surface area (Å²) in [6.07, 6.45) is 0.304. The minimum Gasteiger partial charge on any atom is -0.388 e. The lowest BCUT2D eigenvalue weighted by molar-refractivity contribution is -0.153. The molecule has 3 atom stereocenters. The molecule has 35 heavy (non-hydrogen) atoms. The number of aliphatic hydroxyl groups is 1. The van der Waals surface area contributed by atoms with Gasteiger partial charge in [-0.1, -0.05) is 6.07 Å². The van der Waals surface area contributed by atoms with Crippen molar-refractivity contribution in [3.63, 3.8) is 0 Å². The highest BCUT2D eigenvalue weighted by molar-refractivity contribution is 5.95. The molecule has 2 unspecified atom stereocenters. The number of carbonyl (C=O) groups is 2. The van der Waals surface area contributed by atoms with E-state index in [1.807, 2.05) is 5.32 Å². The summed E-state index contributed by atoms with van der Waals surface area (Å²) in [5.74, 6) is 1.04. The van der Waals surface area contributed by atoms with Crippen LogP contribution in [0.2, 0.25) is 0 Å². The van der Waals surface area contributed by atoms with Gasteiger partial charge in [-0.15, -0.1) is 0 Å². The Morgan fingerprint density at radius 2 is 1.77 bits per heavy atom. The van der Waals surface area contributed by atoms with Gasteiger partial charge in [0, 0.05) is 5.69 Å². The van der Waals surface area contributed by atoms with E-state index in [0.29, 0.717) is 17.5 Å². The molecule has 1 aromatic carbocycles. The van der Waals surface area contributed by atoms with Crippen LogP contribution in [0, 0.1) is 17.8 Å². The third-order valence-electron chi connectivity index (χ3n) is 8.45. The molecule has 0 radical (unpaired) electrons. The summed E-state index contributed by atoms with van der Waals surface area (Å²) < 4.78 is 40.0. The van der Waals surface area contributed by atoms with Gasteiger partial charge in [-0.05, 0) is 93.4 Å². The lowest BCUT2D eigenvalue weighted by atomic mass is 9.78. The zero-order valence-corrected chi connectivity index (χ0v) is 20.0. The number of fused-ring (bicyclic) bond motifs is 1. The summed E-state index contributed by atoms with van der Waals surface area (Å²) in [6, 6.07) is 1.93. The van der Waals surface area contributed by atoms with Crippen LogP contribution in [0.5, 0.6) is 0 Å². The van der Waals surface area contributed by atoms with Crippen molar-refractivity contribution in [2.24, 2.45) is 23.5 Å². The van der Waals surface area contributed by atoms with Gasteiger partial charge < -0.3 is 26.4 Å². The van der Waals surface area contributed by atoms with E-state index in [4.69, 9.17) is 5.73 Å². The molecule has 4 aliphatic rings. The molecule has 10 heteroatoms. The van der Waals surface area contributed by atoms with Crippen molar-refractivity contribution in [1.82, 2.24) is 10.2 Å². The van der Waals surface area contributed by atoms with Crippen molar-refractivity contribution in [2.45, 2.75) is 81.8 Å². The van der Waals surface area contributed by atoms with Crippen molar-refractivity contribution in [3.05, 3.63) is 29.3 Å². The fourth-order valence-electron chi connectivity index (χ4n) is 6.11. The molecule has 5 rings (SSSR count). The number of alkyl halides is 3. The second kappa shape index (κ2) is 8.09. The molecule has 0 spiro atoms. The van der Waals surface area contributed by atoms with Crippen molar-refractivity contribution in [3.8, 4) is 0 Å². The van der Waals surface area contributed by atoms with Crippen molar-refractivity contribution >= 4 is 17.6 Å². The normalized spacial score (nSPS) is 27.7. The molecule has 3 amide bonds. The Bertz CT molecular complexity index is 1020. The molecular weight excluding hydrogens is 461 g/mol. The predicted molar refractivity (Wildman–Crippen MR) is 124 cm³/mol. The zero-order valence-electron chi connectivity index (χ0n) is 20.0. The van der Waals surface area contributed by atoms with E-state index in [1.54, 1.807) is 18.2 Å². The number of carbonyl (C=O) groups excluding carboxylic acids is 2. The number of nitrogens with two attached hydrogens (primary N) is 1. The predicted octanol–water partition coefficient (Wildman–Crippen LogP) is 2.95. The minimum atomic E-state index is -4.58. The van der Waals surface area contributed by atoms with Gasteiger partial charge in [0.25, 0.3) is 0 Å². The maximum Gasteiger partial charge on any atom is 0.410 e. The Balaban J connectivity index is 1.35. The Kier molecular flexibility index (Phi) is 5.63. The Morgan fingerprint density at radius 1 is 1.17 bits per heavy atom. The second-order valence-corrected chi connectivity index (χ2v) is 11.3. The average molecular weight is 495 g/mol. The van der Waals surface area contributed by atoms with Crippen LogP contribution in [0.25, 0.3) is 0 Å². The molecule has 0 aromatic heterocycles. The standard InChI is InChI=1S/C25H33F3N4O3/c1-23(2,35)24(32-12-18(25(26,27)28)31-22(32)34)10-15-7-8-17(9-16(15)11-24)30-21(33)20(29)19(13-3-4-13)14-5-6-14/h7-9,13-14,18-20,35H,3-6,10-12,29H2,1-2H3,(H,30,33)(H,31,34)/t18?,20-,24?/m0/s1. The van der Waals surface area contributed by atoms with Gasteiger partial charge in [-0.3, -0.25) is 4.79 Å². The monoisotopic (exact) mass is 494 g/mol. The van der Waals surface area contributed by atoms with Crippen LogP contribution in [0.3, 0.4) is 0 Å². The van der Waals surface area contributed by atoms with Gasteiger partial charge in [0.15, 0.2) is 0 Å². The first-order valence-electron chi connectivity index (χ1n) is 12.4. The van der Waals surface area contributed by atoms with Gasteiger partial charge in [0.1, 0.15) is 6.04 Å². The zero-order chi connectivity index (χ0) is 25.3. The molecule has 3 aliphatic carbocycles. The quantitative estimate of drug-likeness (QED) is 0.468. The first-order valence-corrected chi connectivity index (χ1v) is 12.4. The molecule has 2 saturated carbocycles. The summed E-state index contributed by atoms with van der Waals surface area (Å²) in [4.78, 5) is 26.7. The van der Waals surface area contributed by atoms with E-state index in [2.05, 4.69) is 5.32 Å². The van der Waals surface area contributed by atoms with Crippen molar-refractivity contribution < 1.29 is 27.9 Å². The van der Waals surface area contributed by atoms with Crippen LogP contribution in [-0.2, 0) is 17.6 Å². The number of hydrogen-bond acceptors (Lipinski definition) is 4. The fraction of sp³-hybridized carbons (Fsp3) is 0.680. The first kappa shape index (κ1) is 24.4. The van der Waals surface area contributed by atoms with Crippen LogP contribution in [0.15, 0.2) is 18.2 Å². The molecule has 7 nitrogen and oxygen atoms in total. The summed E-state index contributed by atoms with van der Waals surface area (Å²) >= 11 is 0. The van der Waals surface area contributed by atoms with E-state index in [1.165, 1.54) is 13.8 Å². The van der Waals surface area contributed by atoms with Crippen molar-refractivity contribution in [1.29, 1.82) is 0 Å². The summed E-state index contributed by atoms with van der Waals surface area (Å²) in [6.45, 7) is 2.47. The molecule has 1 saturated heterocycles. The number of anilines is 1. The Hall–Kier alpha value is -2.33. The number of halogens is 3. The summed E-state index contributed by atoms with van der Waals surface area (Å²) in [5.41, 5.74) is 5.80. The first-order chi connectivity index (χ1) is 16.3. The summed E-state index contributed by atoms with van der Waals surface area (Å²) in [7, 11) is 0. The number of nitrogens with one attached hydrogen (secondary N) is 2. The average Bonchev–Trinajstić information content (AvgIpc) is 3.68. The van der Waals surface area contributed by atoms with E-state index in [9.17, 15) is 27.9 Å². The summed E-state index contributed by atoms with van der Waals surface area (Å²) in [5, 5.41) is 16.0. The SMILES string of the molecule is CC(C)(O)C1(N2CC(C(F)(F)F)NC2=O)Cc2ccc(NC(=O)[C@@H](N)C(C3CC3)C3CC3)cc2C1. The minimum absolute atomic E-state index is 0.173. The second-order valence-electron chi connectivity index (χ2n) is 11.3. The molecule has 5 N–H and O–H groups in total. The molecular formula is C25H33F3N4O3. The van der Waals surface area contributed by atoms with Gasteiger partial charge in [-0.2, -0.15) is 13.2 Å². The largest absolute Gasteiger partial charge is 0.410 e. The highest BCUT2D eigenvalue weighted by atomic mass is 19.4. The fourth-order valence-corrected chi connectivity index (χ4v) is 6.11. The van der Waals surface area contributed by atoms with Gasteiger partial charge in [-0.25, -0.2) is 4.79 Å². The molecule has 1 aliphatic heterocycles. The van der Waals surface area contributed by atoms with E-state index < -0.39 is 42.0 Å². The van der Waals surface area contributed by atoms with Crippen LogP contribution in [0.1, 0.15) is 50.7 Å². The molecule has 192 valence electrons. The van der Waals surface area contributed by atoms with Gasteiger partial charge >= 0.3 is 12.2 Å². The maximum absolute atomic E-state index is 13.3. The lowest BCUT2D eigenvalue weighted by Crippen LogP contribution is -2.63. The highest BCUT2D eigenvalue weighted by Gasteiger charge is 2.59. The Morgan fingerprint density at radius 3 is 2.29 bits per heavy atom. The topological polar surface area (TPSA) is 108 Å². The smallest absolute Gasteiger partial charge is 0.388 e. The van der Waals surface area contributed by atoms with Crippen LogP contribution < -0.4 is 16.4 Å². The third-order valence-corrected chi connectivity index (χ3v) is 8.45. The number of hydrogen-bond donors (Lipinski definition) is 4. The molecule has 1 aromatic rings. The van der Waals surface area contributed by atoms with E-state index in [0.717, 1.165) is 41.7 Å². The third kappa shape index (κ3) is 4.39. The molecule has 1 heterocycles. The number of rotatable bonds is 7. The highest BCUT2D eigenvalue weighted by Crippen LogP contribution is 2.50.